The third-order valence-corrected chi connectivity index (χ3v) is 2.78. The van der Waals surface area contributed by atoms with E-state index in [1.807, 2.05) is 18.2 Å². The minimum Gasteiger partial charge on any atom is -0.493 e. The van der Waals surface area contributed by atoms with Crippen molar-refractivity contribution in [3.8, 4) is 11.5 Å². The van der Waals surface area contributed by atoms with Crippen LogP contribution in [0.1, 0.15) is 18.9 Å². The average Bonchev–Trinajstić information content (AvgIpc) is 2.37. The van der Waals surface area contributed by atoms with E-state index in [4.69, 9.17) is 14.6 Å². The van der Waals surface area contributed by atoms with Gasteiger partial charge in [-0.2, -0.15) is 0 Å². The summed E-state index contributed by atoms with van der Waals surface area (Å²) in [4.78, 5) is 0. The van der Waals surface area contributed by atoms with Crippen LogP contribution < -0.4 is 14.8 Å². The zero-order valence-electron chi connectivity index (χ0n) is 11.4. The van der Waals surface area contributed by atoms with Crippen molar-refractivity contribution in [1.82, 2.24) is 5.32 Å². The highest BCUT2D eigenvalue weighted by Crippen LogP contribution is 2.27. The maximum absolute atomic E-state index is 9.12. The zero-order chi connectivity index (χ0) is 13.4. The lowest BCUT2D eigenvalue weighted by atomic mass is 10.1. The van der Waals surface area contributed by atoms with Gasteiger partial charge in [0.25, 0.3) is 0 Å². The number of methoxy groups -OCH3 is 2. The van der Waals surface area contributed by atoms with Crippen molar-refractivity contribution in [2.24, 2.45) is 0 Å². The second-order valence-corrected chi connectivity index (χ2v) is 4.33. The second-order valence-electron chi connectivity index (χ2n) is 4.33. The van der Waals surface area contributed by atoms with Crippen molar-refractivity contribution in [1.29, 1.82) is 0 Å². The number of nitrogens with one attached hydrogen (secondary N) is 1. The summed E-state index contributed by atoms with van der Waals surface area (Å²) >= 11 is 0. The quantitative estimate of drug-likeness (QED) is 0.691. The van der Waals surface area contributed by atoms with Gasteiger partial charge in [0.1, 0.15) is 0 Å². The summed E-state index contributed by atoms with van der Waals surface area (Å²) in [5.74, 6) is 1.52. The molecule has 18 heavy (non-hydrogen) atoms. The summed E-state index contributed by atoms with van der Waals surface area (Å²) in [6.07, 6.45) is 1.48. The molecule has 1 atom stereocenters. The van der Waals surface area contributed by atoms with Crippen LogP contribution in [0.15, 0.2) is 18.2 Å². The van der Waals surface area contributed by atoms with Gasteiger partial charge in [0.15, 0.2) is 11.5 Å². The lowest BCUT2D eigenvalue weighted by Crippen LogP contribution is -2.21. The molecule has 1 unspecified atom stereocenters. The highest BCUT2D eigenvalue weighted by molar-refractivity contribution is 5.42. The van der Waals surface area contributed by atoms with Crippen LogP contribution in [0.3, 0.4) is 0 Å². The monoisotopic (exact) mass is 253 g/mol. The van der Waals surface area contributed by atoms with Crippen molar-refractivity contribution >= 4 is 0 Å². The highest BCUT2D eigenvalue weighted by Gasteiger charge is 2.04. The van der Waals surface area contributed by atoms with Crippen molar-refractivity contribution < 1.29 is 14.6 Å². The molecule has 1 aromatic rings. The Balaban J connectivity index is 2.38. The molecule has 1 rings (SSSR count). The van der Waals surface area contributed by atoms with E-state index in [0.29, 0.717) is 0 Å². The Hall–Kier alpha value is -1.26. The van der Waals surface area contributed by atoms with Gasteiger partial charge in [-0.05, 0) is 50.6 Å². The van der Waals surface area contributed by atoms with E-state index in [-0.39, 0.29) is 6.10 Å². The molecule has 4 heteroatoms. The summed E-state index contributed by atoms with van der Waals surface area (Å²) in [6, 6.07) is 5.96. The van der Waals surface area contributed by atoms with E-state index in [2.05, 4.69) is 5.32 Å². The number of ether oxygens (including phenoxy) is 2. The van der Waals surface area contributed by atoms with Crippen LogP contribution in [0.25, 0.3) is 0 Å². The van der Waals surface area contributed by atoms with E-state index < -0.39 is 0 Å². The molecule has 0 aliphatic heterocycles. The maximum Gasteiger partial charge on any atom is 0.160 e. The summed E-state index contributed by atoms with van der Waals surface area (Å²) < 4.78 is 10.4. The summed E-state index contributed by atoms with van der Waals surface area (Å²) in [5, 5.41) is 12.4. The van der Waals surface area contributed by atoms with Crippen LogP contribution in [0.2, 0.25) is 0 Å². The number of aliphatic hydroxyl groups is 1. The van der Waals surface area contributed by atoms with Crippen molar-refractivity contribution in [3.63, 3.8) is 0 Å². The molecule has 1 aromatic carbocycles. The Bertz CT molecular complexity index is 353. The number of rotatable bonds is 8. The predicted molar refractivity (Wildman–Crippen MR) is 72.4 cm³/mol. The van der Waals surface area contributed by atoms with Gasteiger partial charge in [-0.3, -0.25) is 0 Å². The molecular formula is C14H23NO3. The van der Waals surface area contributed by atoms with E-state index in [1.165, 1.54) is 5.56 Å². The molecule has 0 saturated heterocycles. The largest absolute Gasteiger partial charge is 0.493 e. The molecule has 0 spiro atoms. The van der Waals surface area contributed by atoms with Gasteiger partial charge in [-0.1, -0.05) is 6.07 Å². The molecule has 2 N–H and O–H groups in total. The SMILES string of the molecule is COc1ccc(CCNCCC(C)O)cc1OC. The fraction of sp³-hybridized carbons (Fsp3) is 0.571. The first-order valence-corrected chi connectivity index (χ1v) is 6.27. The predicted octanol–water partition coefficient (Wildman–Crippen LogP) is 1.61. The number of aliphatic hydroxyl groups excluding tert-OH is 1. The Morgan fingerprint density at radius 1 is 1.17 bits per heavy atom. The summed E-state index contributed by atoms with van der Waals surface area (Å²) in [6.45, 7) is 3.53. The lowest BCUT2D eigenvalue weighted by molar-refractivity contribution is 0.184. The van der Waals surface area contributed by atoms with Crippen LogP contribution in [0, 0.1) is 0 Å². The molecule has 0 aliphatic carbocycles. The third kappa shape index (κ3) is 4.94. The summed E-state index contributed by atoms with van der Waals surface area (Å²) in [7, 11) is 3.28. The Labute approximate surface area is 109 Å². The first kappa shape index (κ1) is 14.8. The molecule has 4 nitrogen and oxygen atoms in total. The molecule has 0 aliphatic rings. The van der Waals surface area contributed by atoms with Gasteiger partial charge in [-0.25, -0.2) is 0 Å². The topological polar surface area (TPSA) is 50.7 Å². The van der Waals surface area contributed by atoms with Gasteiger partial charge in [0.2, 0.25) is 0 Å². The van der Waals surface area contributed by atoms with Gasteiger partial charge >= 0.3 is 0 Å². The molecule has 0 radical (unpaired) electrons. The molecule has 0 aromatic heterocycles. The normalized spacial score (nSPS) is 12.2. The number of hydrogen-bond acceptors (Lipinski definition) is 4. The maximum atomic E-state index is 9.12. The van der Waals surface area contributed by atoms with Crippen molar-refractivity contribution in [2.45, 2.75) is 25.9 Å². The van der Waals surface area contributed by atoms with Crippen LogP contribution in [0.4, 0.5) is 0 Å². The molecule has 0 fully saturated rings. The van der Waals surface area contributed by atoms with Gasteiger partial charge in [-0.15, -0.1) is 0 Å². The highest BCUT2D eigenvalue weighted by atomic mass is 16.5. The number of benzene rings is 1. The van der Waals surface area contributed by atoms with Crippen LogP contribution in [0.5, 0.6) is 11.5 Å². The van der Waals surface area contributed by atoms with E-state index in [1.54, 1.807) is 21.1 Å². The summed E-state index contributed by atoms with van der Waals surface area (Å²) in [5.41, 5.74) is 1.21. The molecule has 0 amide bonds. The van der Waals surface area contributed by atoms with E-state index in [0.717, 1.165) is 37.4 Å². The fourth-order valence-electron chi connectivity index (χ4n) is 1.70. The fourth-order valence-corrected chi connectivity index (χ4v) is 1.70. The second kappa shape index (κ2) is 7.95. The Morgan fingerprint density at radius 2 is 1.89 bits per heavy atom. The van der Waals surface area contributed by atoms with Crippen molar-refractivity contribution in [3.05, 3.63) is 23.8 Å². The first-order valence-electron chi connectivity index (χ1n) is 6.27. The van der Waals surface area contributed by atoms with Crippen LogP contribution >= 0.6 is 0 Å². The van der Waals surface area contributed by atoms with E-state index >= 15 is 0 Å². The van der Waals surface area contributed by atoms with Crippen LogP contribution in [-0.4, -0.2) is 38.5 Å². The Morgan fingerprint density at radius 3 is 2.50 bits per heavy atom. The van der Waals surface area contributed by atoms with E-state index in [9.17, 15) is 0 Å². The minimum atomic E-state index is -0.237. The van der Waals surface area contributed by atoms with Gasteiger partial charge < -0.3 is 19.9 Å². The minimum absolute atomic E-state index is 0.237. The molecule has 0 bridgehead atoms. The third-order valence-electron chi connectivity index (χ3n) is 2.78. The first-order chi connectivity index (χ1) is 8.67. The molecule has 0 heterocycles. The molecule has 102 valence electrons. The standard InChI is InChI=1S/C14H23NO3/c1-11(16)6-8-15-9-7-12-4-5-13(17-2)14(10-12)18-3/h4-5,10-11,15-16H,6-9H2,1-3H3. The van der Waals surface area contributed by atoms with Gasteiger partial charge in [0.05, 0.1) is 20.3 Å². The lowest BCUT2D eigenvalue weighted by Gasteiger charge is -2.10. The smallest absolute Gasteiger partial charge is 0.160 e. The molecule has 0 saturated carbocycles. The van der Waals surface area contributed by atoms with Crippen molar-refractivity contribution in [2.75, 3.05) is 27.3 Å². The average molecular weight is 253 g/mol. The molecular weight excluding hydrogens is 230 g/mol. The number of hydrogen-bond donors (Lipinski definition) is 2. The zero-order valence-corrected chi connectivity index (χ0v) is 11.4. The van der Waals surface area contributed by atoms with Gasteiger partial charge in [0, 0.05) is 0 Å². The van der Waals surface area contributed by atoms with Crippen LogP contribution in [-0.2, 0) is 6.42 Å². The Kier molecular flexibility index (Phi) is 6.54.